The minimum absolute atomic E-state index is 0.178. The number of rotatable bonds is 4. The molecule has 0 unspecified atom stereocenters. The minimum Gasteiger partial charge on any atom is -0.496 e. The van der Waals surface area contributed by atoms with Gasteiger partial charge in [-0.1, -0.05) is 18.2 Å². The topological polar surface area (TPSA) is 78.4 Å². The van der Waals surface area contributed by atoms with E-state index in [1.54, 1.807) is 24.3 Å². The Morgan fingerprint density at radius 2 is 2.00 bits per heavy atom. The van der Waals surface area contributed by atoms with Crippen LogP contribution >= 0.6 is 0 Å². The number of methoxy groups -OCH3 is 1. The molecule has 5 nitrogen and oxygen atoms in total. The summed E-state index contributed by atoms with van der Waals surface area (Å²) in [7, 11) is 1.43. The van der Waals surface area contributed by atoms with Crippen LogP contribution in [0.4, 0.5) is 20.2 Å². The first-order valence-electron chi connectivity index (χ1n) is 5.98. The molecule has 2 aromatic carbocycles. The van der Waals surface area contributed by atoms with E-state index in [0.29, 0.717) is 11.3 Å². The minimum atomic E-state index is -1.26. The van der Waals surface area contributed by atoms with Crippen molar-refractivity contribution < 1.29 is 18.4 Å². The monoisotopic (exact) mass is 294 g/mol. The van der Waals surface area contributed by atoms with Crippen LogP contribution in [0.2, 0.25) is 0 Å². The average Bonchev–Trinajstić information content (AvgIpc) is 2.43. The average molecular weight is 294 g/mol. The number of nitrogens with zero attached hydrogens (tertiary/aromatic N) is 1. The fourth-order valence-corrected chi connectivity index (χ4v) is 2.05. The summed E-state index contributed by atoms with van der Waals surface area (Å²) >= 11 is 0. The first-order valence-corrected chi connectivity index (χ1v) is 5.98. The smallest absolute Gasteiger partial charge is 0.327 e. The van der Waals surface area contributed by atoms with Crippen LogP contribution in [0.5, 0.6) is 5.75 Å². The fraction of sp³-hybridized carbons (Fsp3) is 0.143. The number of ether oxygens (including phenoxy) is 1. The molecule has 0 radical (unpaired) electrons. The van der Waals surface area contributed by atoms with Gasteiger partial charge in [0.2, 0.25) is 5.82 Å². The zero-order valence-corrected chi connectivity index (χ0v) is 11.1. The molecular weight excluding hydrogens is 282 g/mol. The van der Waals surface area contributed by atoms with Crippen molar-refractivity contribution in [2.45, 2.75) is 6.42 Å². The molecule has 0 aliphatic carbocycles. The van der Waals surface area contributed by atoms with Crippen LogP contribution in [-0.4, -0.2) is 12.0 Å². The van der Waals surface area contributed by atoms with Crippen molar-refractivity contribution in [1.29, 1.82) is 0 Å². The number of nitro benzene ring substituents is 1. The number of nitrogen functional groups attached to an aromatic ring is 1. The largest absolute Gasteiger partial charge is 0.496 e. The molecule has 0 saturated carbocycles. The molecule has 0 spiro atoms. The van der Waals surface area contributed by atoms with Crippen molar-refractivity contribution in [3.63, 3.8) is 0 Å². The SMILES string of the molecule is COc1ccccc1Cc1c(F)cc(N)c([N+](=O)[O-])c1F. The summed E-state index contributed by atoms with van der Waals surface area (Å²) in [6.45, 7) is 0. The standard InChI is InChI=1S/C14H12F2N2O3/c1-21-12-5-3-2-4-8(12)6-9-10(15)7-11(17)14(13(9)16)18(19)20/h2-5,7H,6,17H2,1H3. The molecular formula is C14H12F2N2O3. The zero-order valence-electron chi connectivity index (χ0n) is 11.1. The van der Waals surface area contributed by atoms with E-state index < -0.39 is 33.5 Å². The normalized spacial score (nSPS) is 10.4. The van der Waals surface area contributed by atoms with Crippen LogP contribution in [0, 0.1) is 21.7 Å². The Balaban J connectivity index is 2.54. The highest BCUT2D eigenvalue weighted by atomic mass is 19.1. The number of anilines is 1. The van der Waals surface area contributed by atoms with Crippen LogP contribution in [0.3, 0.4) is 0 Å². The van der Waals surface area contributed by atoms with Gasteiger partial charge in [0.05, 0.1) is 12.0 Å². The molecule has 0 aliphatic heterocycles. The Hall–Kier alpha value is -2.70. The molecule has 0 fully saturated rings. The maximum absolute atomic E-state index is 14.2. The molecule has 2 N–H and O–H groups in total. The first kappa shape index (κ1) is 14.7. The van der Waals surface area contributed by atoms with Gasteiger partial charge in [-0.15, -0.1) is 0 Å². The third kappa shape index (κ3) is 2.76. The van der Waals surface area contributed by atoms with E-state index in [1.165, 1.54) is 7.11 Å². The summed E-state index contributed by atoms with van der Waals surface area (Å²) in [6, 6.07) is 7.41. The second-order valence-corrected chi connectivity index (χ2v) is 4.33. The van der Waals surface area contributed by atoms with Crippen molar-refractivity contribution in [3.05, 3.63) is 63.2 Å². The van der Waals surface area contributed by atoms with Gasteiger partial charge in [0.25, 0.3) is 0 Å². The van der Waals surface area contributed by atoms with Gasteiger partial charge in [0.1, 0.15) is 17.3 Å². The summed E-state index contributed by atoms with van der Waals surface area (Å²) < 4.78 is 33.2. The van der Waals surface area contributed by atoms with Gasteiger partial charge < -0.3 is 10.5 Å². The van der Waals surface area contributed by atoms with E-state index >= 15 is 0 Å². The van der Waals surface area contributed by atoms with E-state index in [2.05, 4.69) is 0 Å². The molecule has 0 bridgehead atoms. The van der Waals surface area contributed by atoms with E-state index in [-0.39, 0.29) is 6.42 Å². The lowest BCUT2D eigenvalue weighted by molar-refractivity contribution is -0.386. The summed E-state index contributed by atoms with van der Waals surface area (Å²) in [5.41, 5.74) is 3.93. The molecule has 0 amide bonds. The number of nitrogens with two attached hydrogens (primary N) is 1. The third-order valence-electron chi connectivity index (χ3n) is 3.06. The highest BCUT2D eigenvalue weighted by molar-refractivity contribution is 5.61. The van der Waals surface area contributed by atoms with Crippen molar-refractivity contribution in [3.8, 4) is 5.75 Å². The van der Waals surface area contributed by atoms with Crippen LogP contribution in [-0.2, 0) is 6.42 Å². The van der Waals surface area contributed by atoms with Gasteiger partial charge >= 0.3 is 5.69 Å². The highest BCUT2D eigenvalue weighted by Crippen LogP contribution is 2.32. The van der Waals surface area contributed by atoms with Crippen LogP contribution in [0.25, 0.3) is 0 Å². The molecule has 0 saturated heterocycles. The van der Waals surface area contributed by atoms with Crippen LogP contribution < -0.4 is 10.5 Å². The second kappa shape index (κ2) is 5.74. The molecule has 0 aromatic heterocycles. The van der Waals surface area contributed by atoms with Gasteiger partial charge in [-0.25, -0.2) is 4.39 Å². The molecule has 2 rings (SSSR count). The molecule has 7 heteroatoms. The lowest BCUT2D eigenvalue weighted by Crippen LogP contribution is -2.06. The van der Waals surface area contributed by atoms with E-state index in [9.17, 15) is 18.9 Å². The summed E-state index contributed by atoms with van der Waals surface area (Å²) in [6.07, 6.45) is -0.178. The lowest BCUT2D eigenvalue weighted by Gasteiger charge is -2.10. The third-order valence-corrected chi connectivity index (χ3v) is 3.06. The Morgan fingerprint density at radius 3 is 2.62 bits per heavy atom. The maximum atomic E-state index is 14.2. The molecule has 0 aliphatic rings. The van der Waals surface area contributed by atoms with Gasteiger partial charge in [0.15, 0.2) is 0 Å². The van der Waals surface area contributed by atoms with E-state index in [4.69, 9.17) is 10.5 Å². The highest BCUT2D eigenvalue weighted by Gasteiger charge is 2.26. The summed E-state index contributed by atoms with van der Waals surface area (Å²) in [4.78, 5) is 9.86. The predicted octanol–water partition coefficient (Wildman–Crippen LogP) is 3.05. The number of hydrogen-bond acceptors (Lipinski definition) is 4. The molecule has 110 valence electrons. The Morgan fingerprint density at radius 1 is 1.33 bits per heavy atom. The number of halogens is 2. The van der Waals surface area contributed by atoms with Crippen molar-refractivity contribution in [2.75, 3.05) is 12.8 Å². The number of nitro groups is 1. The van der Waals surface area contributed by atoms with Gasteiger partial charge in [0, 0.05) is 18.1 Å². The number of hydrogen-bond donors (Lipinski definition) is 1. The van der Waals surface area contributed by atoms with Gasteiger partial charge in [-0.05, 0) is 11.6 Å². The summed E-state index contributed by atoms with van der Waals surface area (Å²) in [5, 5.41) is 10.8. The van der Waals surface area contributed by atoms with Crippen molar-refractivity contribution >= 4 is 11.4 Å². The molecule has 21 heavy (non-hydrogen) atoms. The second-order valence-electron chi connectivity index (χ2n) is 4.33. The van der Waals surface area contributed by atoms with E-state index in [1.807, 2.05) is 0 Å². The Labute approximate surface area is 119 Å². The molecule has 0 atom stereocenters. The Bertz CT molecular complexity index is 705. The van der Waals surface area contributed by atoms with Crippen LogP contribution in [0.1, 0.15) is 11.1 Å². The number of benzene rings is 2. The van der Waals surface area contributed by atoms with Crippen LogP contribution in [0.15, 0.2) is 30.3 Å². The molecule has 2 aromatic rings. The van der Waals surface area contributed by atoms with E-state index in [0.717, 1.165) is 6.07 Å². The molecule has 0 heterocycles. The lowest BCUT2D eigenvalue weighted by atomic mass is 10.0. The van der Waals surface area contributed by atoms with Gasteiger partial charge in [-0.3, -0.25) is 10.1 Å². The Kier molecular flexibility index (Phi) is 4.02. The number of para-hydroxylation sites is 1. The van der Waals surface area contributed by atoms with Crippen molar-refractivity contribution in [2.24, 2.45) is 0 Å². The van der Waals surface area contributed by atoms with Crippen molar-refractivity contribution in [1.82, 2.24) is 0 Å². The maximum Gasteiger partial charge on any atom is 0.327 e. The fourth-order valence-electron chi connectivity index (χ4n) is 2.05. The summed E-state index contributed by atoms with van der Waals surface area (Å²) in [5.74, 6) is -1.75. The first-order chi connectivity index (χ1) is 9.95. The van der Waals surface area contributed by atoms with Gasteiger partial charge in [-0.2, -0.15) is 4.39 Å². The predicted molar refractivity (Wildman–Crippen MR) is 73.2 cm³/mol. The quantitative estimate of drug-likeness (QED) is 0.534. The zero-order chi connectivity index (χ0) is 15.6.